The second-order valence-electron chi connectivity index (χ2n) is 6.13. The fourth-order valence-electron chi connectivity index (χ4n) is 3.18. The number of hydrogen-bond donors (Lipinski definition) is 3. The maximum Gasteiger partial charge on any atom is 0.162 e. The van der Waals surface area contributed by atoms with E-state index in [1.54, 1.807) is 13.4 Å². The number of benzene rings is 1. The number of H-pyrrole nitrogens is 1. The molecule has 0 aliphatic carbocycles. The maximum atomic E-state index is 6.46. The largest absolute Gasteiger partial charge is 0.496 e. The molecule has 9 heteroatoms. The van der Waals surface area contributed by atoms with Gasteiger partial charge in [0.05, 0.1) is 23.5 Å². The Bertz CT molecular complexity index is 940. The SMILES string of the molecule is COc1c(CCNc2ncnc3[nH]cnc23)cc(Cl)c(Cl)c1C1CNC1. The van der Waals surface area contributed by atoms with E-state index in [4.69, 9.17) is 27.9 Å². The summed E-state index contributed by atoms with van der Waals surface area (Å²) >= 11 is 12.8. The molecule has 26 heavy (non-hydrogen) atoms. The molecule has 3 heterocycles. The molecule has 136 valence electrons. The predicted molar refractivity (Wildman–Crippen MR) is 103 cm³/mol. The van der Waals surface area contributed by atoms with Crippen LogP contribution in [0, 0.1) is 0 Å². The van der Waals surface area contributed by atoms with Crippen molar-refractivity contribution in [1.29, 1.82) is 0 Å². The highest BCUT2D eigenvalue weighted by atomic mass is 35.5. The van der Waals surface area contributed by atoms with E-state index in [-0.39, 0.29) is 0 Å². The number of anilines is 1. The molecule has 1 saturated heterocycles. The third kappa shape index (κ3) is 3.06. The van der Waals surface area contributed by atoms with Crippen molar-refractivity contribution < 1.29 is 4.74 Å². The van der Waals surface area contributed by atoms with Crippen LogP contribution in [0.3, 0.4) is 0 Å². The van der Waals surface area contributed by atoms with Crippen molar-refractivity contribution in [3.8, 4) is 5.75 Å². The summed E-state index contributed by atoms with van der Waals surface area (Å²) in [4.78, 5) is 15.6. The highest BCUT2D eigenvalue weighted by molar-refractivity contribution is 6.42. The van der Waals surface area contributed by atoms with Crippen molar-refractivity contribution in [3.05, 3.63) is 39.9 Å². The average Bonchev–Trinajstić information content (AvgIpc) is 3.07. The Morgan fingerprint density at radius 2 is 2.12 bits per heavy atom. The quantitative estimate of drug-likeness (QED) is 0.597. The van der Waals surface area contributed by atoms with Gasteiger partial charge in [-0.1, -0.05) is 23.2 Å². The molecule has 2 aromatic heterocycles. The number of halogens is 2. The Hall–Kier alpha value is -2.09. The standard InChI is InChI=1S/C17H18Cl2N6O/c1-26-15-9(4-11(18)13(19)12(15)10-5-20-6-10)2-3-21-16-14-17(23-7-22-14)25-8-24-16/h4,7-8,10,20H,2-3,5-6H2,1H3,(H2,21,22,23,24,25). The normalized spacial score (nSPS) is 14.4. The van der Waals surface area contributed by atoms with Gasteiger partial charge in [-0.3, -0.25) is 0 Å². The fraction of sp³-hybridized carbons (Fsp3) is 0.353. The first-order chi connectivity index (χ1) is 12.7. The number of rotatable bonds is 6. The number of aromatic amines is 1. The number of fused-ring (bicyclic) bond motifs is 1. The van der Waals surface area contributed by atoms with E-state index >= 15 is 0 Å². The van der Waals surface area contributed by atoms with Crippen molar-refractivity contribution >= 4 is 40.2 Å². The van der Waals surface area contributed by atoms with Gasteiger partial charge in [0.2, 0.25) is 0 Å². The zero-order valence-electron chi connectivity index (χ0n) is 14.1. The van der Waals surface area contributed by atoms with Crippen molar-refractivity contribution in [2.45, 2.75) is 12.3 Å². The molecule has 0 unspecified atom stereocenters. The first-order valence-electron chi connectivity index (χ1n) is 8.32. The van der Waals surface area contributed by atoms with Gasteiger partial charge in [0.15, 0.2) is 11.5 Å². The molecule has 7 nitrogen and oxygen atoms in total. The van der Waals surface area contributed by atoms with Crippen LogP contribution in [0.1, 0.15) is 17.0 Å². The molecule has 0 bridgehead atoms. The molecular formula is C17H18Cl2N6O. The van der Waals surface area contributed by atoms with Crippen LogP contribution in [0.5, 0.6) is 5.75 Å². The van der Waals surface area contributed by atoms with Crippen LogP contribution in [-0.4, -0.2) is 46.7 Å². The highest BCUT2D eigenvalue weighted by Crippen LogP contribution is 2.42. The van der Waals surface area contributed by atoms with Crippen LogP contribution in [0.25, 0.3) is 11.2 Å². The minimum Gasteiger partial charge on any atom is -0.496 e. The van der Waals surface area contributed by atoms with Crippen molar-refractivity contribution in [2.24, 2.45) is 0 Å². The average molecular weight is 393 g/mol. The summed E-state index contributed by atoms with van der Waals surface area (Å²) in [5.74, 6) is 1.84. The molecule has 0 radical (unpaired) electrons. The van der Waals surface area contributed by atoms with Gasteiger partial charge < -0.3 is 20.4 Å². The van der Waals surface area contributed by atoms with Crippen molar-refractivity contribution in [3.63, 3.8) is 0 Å². The van der Waals surface area contributed by atoms with E-state index in [0.717, 1.165) is 35.5 Å². The van der Waals surface area contributed by atoms with E-state index < -0.39 is 0 Å². The Morgan fingerprint density at radius 1 is 1.27 bits per heavy atom. The Balaban J connectivity index is 1.56. The van der Waals surface area contributed by atoms with Crippen LogP contribution in [-0.2, 0) is 6.42 Å². The Morgan fingerprint density at radius 3 is 2.85 bits per heavy atom. The molecule has 0 atom stereocenters. The summed E-state index contributed by atoms with van der Waals surface area (Å²) in [6, 6.07) is 1.88. The monoisotopic (exact) mass is 392 g/mol. The van der Waals surface area contributed by atoms with E-state index in [1.165, 1.54) is 6.33 Å². The predicted octanol–water partition coefficient (Wildman–Crippen LogP) is 3.01. The van der Waals surface area contributed by atoms with Gasteiger partial charge in [-0.15, -0.1) is 0 Å². The lowest BCUT2D eigenvalue weighted by molar-refractivity contribution is 0.381. The zero-order chi connectivity index (χ0) is 18.1. The van der Waals surface area contributed by atoms with Crippen LogP contribution in [0.4, 0.5) is 5.82 Å². The molecule has 1 aliphatic heterocycles. The van der Waals surface area contributed by atoms with Gasteiger partial charge in [0, 0.05) is 31.1 Å². The van der Waals surface area contributed by atoms with E-state index in [2.05, 4.69) is 30.6 Å². The second kappa shape index (κ2) is 7.26. The molecular weight excluding hydrogens is 375 g/mol. The maximum absolute atomic E-state index is 6.46. The smallest absolute Gasteiger partial charge is 0.162 e. The van der Waals surface area contributed by atoms with Crippen LogP contribution in [0.15, 0.2) is 18.7 Å². The van der Waals surface area contributed by atoms with Gasteiger partial charge in [0.1, 0.15) is 17.6 Å². The molecule has 1 fully saturated rings. The first kappa shape index (κ1) is 17.3. The van der Waals surface area contributed by atoms with Crippen LogP contribution < -0.4 is 15.4 Å². The lowest BCUT2D eigenvalue weighted by Crippen LogP contribution is -2.40. The molecule has 1 aliphatic rings. The van der Waals surface area contributed by atoms with Gasteiger partial charge in [0.25, 0.3) is 0 Å². The van der Waals surface area contributed by atoms with Crippen LogP contribution >= 0.6 is 23.2 Å². The number of hydrogen-bond acceptors (Lipinski definition) is 6. The number of nitrogens with one attached hydrogen (secondary N) is 3. The van der Waals surface area contributed by atoms with E-state index in [1.807, 2.05) is 6.07 Å². The lowest BCUT2D eigenvalue weighted by Gasteiger charge is -2.31. The van der Waals surface area contributed by atoms with Gasteiger partial charge >= 0.3 is 0 Å². The summed E-state index contributed by atoms with van der Waals surface area (Å²) in [7, 11) is 1.67. The summed E-state index contributed by atoms with van der Waals surface area (Å²) < 4.78 is 5.69. The number of aromatic nitrogens is 4. The topological polar surface area (TPSA) is 87.8 Å². The third-order valence-corrected chi connectivity index (χ3v) is 5.38. The number of ether oxygens (including phenoxy) is 1. The summed E-state index contributed by atoms with van der Waals surface area (Å²) in [5.41, 5.74) is 3.43. The molecule has 1 aromatic carbocycles. The molecule has 0 spiro atoms. The van der Waals surface area contributed by atoms with Crippen molar-refractivity contribution in [2.75, 3.05) is 32.1 Å². The first-order valence-corrected chi connectivity index (χ1v) is 9.08. The van der Waals surface area contributed by atoms with Gasteiger partial charge in [-0.25, -0.2) is 15.0 Å². The third-order valence-electron chi connectivity index (χ3n) is 4.58. The number of imidazole rings is 1. The molecule has 0 saturated carbocycles. The van der Waals surface area contributed by atoms with E-state index in [0.29, 0.717) is 40.4 Å². The summed E-state index contributed by atoms with van der Waals surface area (Å²) in [5, 5.41) is 7.71. The highest BCUT2D eigenvalue weighted by Gasteiger charge is 2.28. The summed E-state index contributed by atoms with van der Waals surface area (Å²) in [6.07, 6.45) is 3.82. The molecule has 4 rings (SSSR count). The lowest BCUT2D eigenvalue weighted by atomic mass is 9.90. The minimum atomic E-state index is 0.327. The summed E-state index contributed by atoms with van der Waals surface area (Å²) in [6.45, 7) is 2.41. The molecule has 3 N–H and O–H groups in total. The minimum absolute atomic E-state index is 0.327. The van der Waals surface area contributed by atoms with E-state index in [9.17, 15) is 0 Å². The Labute approximate surface area is 160 Å². The van der Waals surface area contributed by atoms with Crippen LogP contribution in [0.2, 0.25) is 10.0 Å². The van der Waals surface area contributed by atoms with Crippen molar-refractivity contribution in [1.82, 2.24) is 25.3 Å². The Kier molecular flexibility index (Phi) is 4.84. The molecule has 3 aromatic rings. The number of nitrogens with zero attached hydrogens (tertiary/aromatic N) is 3. The van der Waals surface area contributed by atoms with Gasteiger partial charge in [-0.2, -0.15) is 0 Å². The fourth-order valence-corrected chi connectivity index (χ4v) is 3.71. The zero-order valence-corrected chi connectivity index (χ0v) is 15.7. The second-order valence-corrected chi connectivity index (χ2v) is 6.92. The van der Waals surface area contributed by atoms with Gasteiger partial charge in [-0.05, 0) is 18.1 Å². The number of methoxy groups -OCH3 is 1. The molecule has 0 amide bonds.